The maximum Gasteiger partial charge on any atom is 0.267 e. The summed E-state index contributed by atoms with van der Waals surface area (Å²) in [5.41, 5.74) is 2.03. The van der Waals surface area contributed by atoms with E-state index >= 15 is 0 Å². The second-order valence-corrected chi connectivity index (χ2v) is 9.63. The highest BCUT2D eigenvalue weighted by molar-refractivity contribution is 7.13. The average molecular weight is 386 g/mol. The molecule has 5 heteroatoms. The third-order valence-corrected chi connectivity index (χ3v) is 6.68. The number of nitrogens with zero attached hydrogens (tertiary/aromatic N) is 2. The van der Waals surface area contributed by atoms with Gasteiger partial charge in [0.25, 0.3) is 5.91 Å². The van der Waals surface area contributed by atoms with Gasteiger partial charge in [0.15, 0.2) is 0 Å². The van der Waals surface area contributed by atoms with Crippen molar-refractivity contribution in [3.05, 3.63) is 45.9 Å². The highest BCUT2D eigenvalue weighted by atomic mass is 32.1. The second kappa shape index (κ2) is 8.53. The lowest BCUT2D eigenvalue weighted by atomic mass is 9.94. The molecule has 0 radical (unpaired) electrons. The van der Waals surface area contributed by atoms with Crippen molar-refractivity contribution in [2.75, 3.05) is 12.4 Å². The van der Waals surface area contributed by atoms with E-state index < -0.39 is 0 Å². The number of anilines is 1. The van der Waals surface area contributed by atoms with E-state index in [2.05, 4.69) is 49.1 Å². The van der Waals surface area contributed by atoms with Crippen molar-refractivity contribution in [1.82, 2.24) is 9.88 Å². The molecule has 1 fully saturated rings. The molecule has 0 saturated heterocycles. The Morgan fingerprint density at radius 3 is 2.59 bits per heavy atom. The molecule has 1 amide bonds. The maximum absolute atomic E-state index is 12.7. The van der Waals surface area contributed by atoms with Crippen LogP contribution in [-0.2, 0) is 12.0 Å². The summed E-state index contributed by atoms with van der Waals surface area (Å²) in [5.74, 6) is -0.0734. The van der Waals surface area contributed by atoms with Crippen LogP contribution in [0.5, 0.6) is 0 Å². The fourth-order valence-corrected chi connectivity index (χ4v) is 4.48. The van der Waals surface area contributed by atoms with Gasteiger partial charge in [-0.25, -0.2) is 4.98 Å². The Morgan fingerprint density at radius 2 is 1.93 bits per heavy atom. The number of benzene rings is 1. The quantitative estimate of drug-likeness (QED) is 0.743. The zero-order chi connectivity index (χ0) is 19.4. The largest absolute Gasteiger partial charge is 0.321 e. The van der Waals surface area contributed by atoms with E-state index in [0.29, 0.717) is 10.9 Å². The third-order valence-electron chi connectivity index (χ3n) is 5.25. The van der Waals surface area contributed by atoms with Gasteiger partial charge in [-0.1, -0.05) is 58.2 Å². The van der Waals surface area contributed by atoms with Crippen molar-refractivity contribution in [3.63, 3.8) is 0 Å². The number of aromatic nitrogens is 1. The number of rotatable bonds is 5. The Morgan fingerprint density at radius 1 is 1.22 bits per heavy atom. The van der Waals surface area contributed by atoms with Crippen LogP contribution in [0.4, 0.5) is 5.69 Å². The molecule has 1 N–H and O–H groups in total. The summed E-state index contributed by atoms with van der Waals surface area (Å²) in [6.45, 7) is 7.20. The molecule has 146 valence electrons. The Hall–Kier alpha value is -1.72. The standard InChI is InChI=1S/C22H31N3OS/c1-22(2,3)21-23-14-19(27-21)20(26)24-18-13-9-8-10-16(18)15-25(4)17-11-6-5-7-12-17/h8-10,13-14,17H,5-7,11-12,15H2,1-4H3,(H,24,26). The number of hydrogen-bond donors (Lipinski definition) is 1. The van der Waals surface area contributed by atoms with Crippen molar-refractivity contribution in [2.24, 2.45) is 0 Å². The van der Waals surface area contributed by atoms with Gasteiger partial charge in [-0.3, -0.25) is 9.69 Å². The first-order valence-corrected chi connectivity index (χ1v) is 10.7. The molecule has 0 bridgehead atoms. The molecule has 1 saturated carbocycles. The van der Waals surface area contributed by atoms with Crippen LogP contribution in [0.25, 0.3) is 0 Å². The highest BCUT2D eigenvalue weighted by Crippen LogP contribution is 2.28. The van der Waals surface area contributed by atoms with Crippen LogP contribution in [0.2, 0.25) is 0 Å². The molecule has 1 heterocycles. The Balaban J connectivity index is 1.70. The predicted octanol–water partition coefficient (Wildman–Crippen LogP) is 5.46. The Kier molecular flexibility index (Phi) is 6.33. The van der Waals surface area contributed by atoms with E-state index in [-0.39, 0.29) is 11.3 Å². The second-order valence-electron chi connectivity index (χ2n) is 8.60. The van der Waals surface area contributed by atoms with Gasteiger partial charge in [0.2, 0.25) is 0 Å². The molecule has 4 nitrogen and oxygen atoms in total. The minimum atomic E-state index is -0.0734. The molecule has 0 aliphatic heterocycles. The van der Waals surface area contributed by atoms with Gasteiger partial charge in [0.1, 0.15) is 4.88 Å². The zero-order valence-electron chi connectivity index (χ0n) is 16.9. The van der Waals surface area contributed by atoms with Crippen LogP contribution in [0.1, 0.15) is 73.1 Å². The van der Waals surface area contributed by atoms with Gasteiger partial charge in [0.05, 0.1) is 11.2 Å². The molecule has 2 aromatic rings. The molecule has 0 spiro atoms. The van der Waals surface area contributed by atoms with Crippen LogP contribution >= 0.6 is 11.3 Å². The molecule has 1 aliphatic carbocycles. The number of carbonyl (C=O) groups is 1. The van der Waals surface area contributed by atoms with Crippen LogP contribution in [0.15, 0.2) is 30.5 Å². The summed E-state index contributed by atoms with van der Waals surface area (Å²) in [5, 5.41) is 4.09. The molecule has 0 unspecified atom stereocenters. The van der Waals surface area contributed by atoms with Gasteiger partial charge in [-0.05, 0) is 31.5 Å². The number of thiazole rings is 1. The predicted molar refractivity (Wildman–Crippen MR) is 114 cm³/mol. The minimum absolute atomic E-state index is 0.0379. The summed E-state index contributed by atoms with van der Waals surface area (Å²) in [6.07, 6.45) is 8.27. The summed E-state index contributed by atoms with van der Waals surface area (Å²) in [6, 6.07) is 8.78. The number of carbonyl (C=O) groups excluding carboxylic acids is 1. The van der Waals surface area contributed by atoms with Crippen molar-refractivity contribution < 1.29 is 4.79 Å². The number of amides is 1. The molecular weight excluding hydrogens is 354 g/mol. The van der Waals surface area contributed by atoms with Crippen LogP contribution in [0.3, 0.4) is 0 Å². The minimum Gasteiger partial charge on any atom is -0.321 e. The number of para-hydroxylation sites is 1. The van der Waals surface area contributed by atoms with E-state index in [1.165, 1.54) is 49.0 Å². The van der Waals surface area contributed by atoms with E-state index in [1.54, 1.807) is 6.20 Å². The lowest BCUT2D eigenvalue weighted by molar-refractivity contribution is 0.103. The summed E-state index contributed by atoms with van der Waals surface area (Å²) in [7, 11) is 2.20. The summed E-state index contributed by atoms with van der Waals surface area (Å²) in [4.78, 5) is 20.3. The smallest absolute Gasteiger partial charge is 0.267 e. The van der Waals surface area contributed by atoms with Crippen molar-refractivity contribution in [3.8, 4) is 0 Å². The maximum atomic E-state index is 12.7. The molecule has 3 rings (SSSR count). The lowest BCUT2D eigenvalue weighted by Crippen LogP contribution is -2.33. The first-order chi connectivity index (χ1) is 12.8. The van der Waals surface area contributed by atoms with E-state index in [1.807, 2.05) is 18.2 Å². The molecule has 0 atom stereocenters. The van der Waals surface area contributed by atoms with E-state index in [0.717, 1.165) is 17.2 Å². The normalized spacial score (nSPS) is 15.9. The molecule has 1 aromatic heterocycles. The van der Waals surface area contributed by atoms with Crippen molar-refractivity contribution in [1.29, 1.82) is 0 Å². The van der Waals surface area contributed by atoms with Gasteiger partial charge in [0, 0.05) is 23.7 Å². The van der Waals surface area contributed by atoms with Crippen LogP contribution in [-0.4, -0.2) is 28.9 Å². The SMILES string of the molecule is CN(Cc1ccccc1NC(=O)c1cnc(C(C)(C)C)s1)C1CCCCC1. The molecule has 1 aliphatic rings. The number of hydrogen-bond acceptors (Lipinski definition) is 4. The van der Waals surface area contributed by atoms with E-state index in [4.69, 9.17) is 0 Å². The highest BCUT2D eigenvalue weighted by Gasteiger charge is 2.22. The fourth-order valence-electron chi connectivity index (χ4n) is 3.61. The first kappa shape index (κ1) is 20.0. The molecule has 27 heavy (non-hydrogen) atoms. The Bertz CT molecular complexity index is 772. The summed E-state index contributed by atoms with van der Waals surface area (Å²) >= 11 is 1.48. The monoisotopic (exact) mass is 385 g/mol. The van der Waals surface area contributed by atoms with Crippen molar-refractivity contribution in [2.45, 2.75) is 70.9 Å². The number of nitrogens with one attached hydrogen (secondary N) is 1. The summed E-state index contributed by atoms with van der Waals surface area (Å²) < 4.78 is 0. The zero-order valence-corrected chi connectivity index (χ0v) is 17.7. The van der Waals surface area contributed by atoms with Gasteiger partial charge < -0.3 is 5.32 Å². The molecule has 1 aromatic carbocycles. The van der Waals surface area contributed by atoms with Gasteiger partial charge in [-0.2, -0.15) is 0 Å². The Labute approximate surface area is 167 Å². The van der Waals surface area contributed by atoms with Gasteiger partial charge in [-0.15, -0.1) is 11.3 Å². The van der Waals surface area contributed by atoms with E-state index in [9.17, 15) is 4.79 Å². The third kappa shape index (κ3) is 5.17. The van der Waals surface area contributed by atoms with Crippen LogP contribution < -0.4 is 5.32 Å². The average Bonchev–Trinajstić information content (AvgIpc) is 3.15. The first-order valence-electron chi connectivity index (χ1n) is 9.90. The topological polar surface area (TPSA) is 45.2 Å². The fraction of sp³-hybridized carbons (Fsp3) is 0.545. The van der Waals surface area contributed by atoms with Crippen molar-refractivity contribution >= 4 is 22.9 Å². The van der Waals surface area contributed by atoms with Crippen LogP contribution in [0, 0.1) is 0 Å². The molecular formula is C22H31N3OS. The lowest BCUT2D eigenvalue weighted by Gasteiger charge is -2.31. The van der Waals surface area contributed by atoms with Gasteiger partial charge >= 0.3 is 0 Å².